The zero-order valence-electron chi connectivity index (χ0n) is 13.1. The van der Waals surface area contributed by atoms with E-state index < -0.39 is 0 Å². The van der Waals surface area contributed by atoms with Gasteiger partial charge in [-0.2, -0.15) is 0 Å². The Morgan fingerprint density at radius 1 is 1.14 bits per heavy atom. The van der Waals surface area contributed by atoms with Gasteiger partial charge in [0.15, 0.2) is 0 Å². The highest BCUT2D eigenvalue weighted by molar-refractivity contribution is 5.85. The molecule has 0 unspecified atom stereocenters. The van der Waals surface area contributed by atoms with Gasteiger partial charge in [0.25, 0.3) is 0 Å². The Bertz CT molecular complexity index is 428. The minimum atomic E-state index is 0. The van der Waals surface area contributed by atoms with E-state index in [1.807, 2.05) is 30.3 Å². The first-order chi connectivity index (χ1) is 9.62. The lowest BCUT2D eigenvalue weighted by Gasteiger charge is -2.43. The van der Waals surface area contributed by atoms with Crippen molar-refractivity contribution in [2.45, 2.75) is 44.1 Å². The SMILES string of the molecule is CN(C)C1(CNC(=O)Cc2ccccc2)CCCCC1.Cl. The normalized spacial score (nSPS) is 17.1. The number of hydrogen-bond donors (Lipinski definition) is 1. The van der Waals surface area contributed by atoms with E-state index in [2.05, 4.69) is 24.3 Å². The summed E-state index contributed by atoms with van der Waals surface area (Å²) in [6, 6.07) is 9.93. The summed E-state index contributed by atoms with van der Waals surface area (Å²) >= 11 is 0. The summed E-state index contributed by atoms with van der Waals surface area (Å²) in [4.78, 5) is 14.4. The zero-order chi connectivity index (χ0) is 14.4. The molecular formula is C17H27ClN2O. The number of hydrogen-bond acceptors (Lipinski definition) is 2. The standard InChI is InChI=1S/C17H26N2O.ClH/c1-19(2)17(11-7-4-8-12-17)14-18-16(20)13-15-9-5-3-6-10-15;/h3,5-6,9-10H,4,7-8,11-14H2,1-2H3,(H,18,20);1H. The molecule has 0 aliphatic heterocycles. The Kier molecular flexibility index (Phi) is 7.20. The first-order valence-electron chi connectivity index (χ1n) is 7.60. The van der Waals surface area contributed by atoms with E-state index in [0.29, 0.717) is 6.42 Å². The zero-order valence-corrected chi connectivity index (χ0v) is 13.9. The predicted molar refractivity (Wildman–Crippen MR) is 89.9 cm³/mol. The molecule has 0 spiro atoms. The summed E-state index contributed by atoms with van der Waals surface area (Å²) in [6.07, 6.45) is 6.72. The molecule has 1 aliphatic rings. The number of nitrogens with one attached hydrogen (secondary N) is 1. The van der Waals surface area contributed by atoms with Crippen molar-refractivity contribution in [3.8, 4) is 0 Å². The minimum absolute atomic E-state index is 0. The van der Waals surface area contributed by atoms with Crippen molar-refractivity contribution in [1.82, 2.24) is 10.2 Å². The van der Waals surface area contributed by atoms with Crippen LogP contribution in [0.2, 0.25) is 0 Å². The van der Waals surface area contributed by atoms with Crippen molar-refractivity contribution < 1.29 is 4.79 Å². The summed E-state index contributed by atoms with van der Waals surface area (Å²) in [5.74, 6) is 0.128. The second-order valence-electron chi connectivity index (χ2n) is 6.12. The molecule has 118 valence electrons. The van der Waals surface area contributed by atoms with E-state index in [1.54, 1.807) is 0 Å². The fourth-order valence-electron chi connectivity index (χ4n) is 3.10. The average molecular weight is 311 g/mol. The highest BCUT2D eigenvalue weighted by Gasteiger charge is 2.34. The van der Waals surface area contributed by atoms with Gasteiger partial charge in [-0.05, 0) is 32.5 Å². The van der Waals surface area contributed by atoms with Crippen molar-refractivity contribution in [2.24, 2.45) is 0 Å². The van der Waals surface area contributed by atoms with Gasteiger partial charge < -0.3 is 10.2 Å². The molecular weight excluding hydrogens is 284 g/mol. The quantitative estimate of drug-likeness (QED) is 0.906. The molecule has 4 heteroatoms. The van der Waals surface area contributed by atoms with Crippen LogP contribution in [0.3, 0.4) is 0 Å². The van der Waals surface area contributed by atoms with Crippen LogP contribution in [0.5, 0.6) is 0 Å². The van der Waals surface area contributed by atoms with Gasteiger partial charge in [0.2, 0.25) is 5.91 Å². The van der Waals surface area contributed by atoms with Crippen molar-refractivity contribution in [1.29, 1.82) is 0 Å². The monoisotopic (exact) mass is 310 g/mol. The molecule has 1 aromatic carbocycles. The molecule has 2 rings (SSSR count). The van der Waals surface area contributed by atoms with Crippen molar-refractivity contribution in [3.05, 3.63) is 35.9 Å². The maximum atomic E-state index is 12.1. The summed E-state index contributed by atoms with van der Waals surface area (Å²) in [5, 5.41) is 3.14. The third-order valence-corrected chi connectivity index (χ3v) is 4.56. The Morgan fingerprint density at radius 2 is 1.76 bits per heavy atom. The Labute approximate surface area is 134 Å². The Morgan fingerprint density at radius 3 is 2.33 bits per heavy atom. The van der Waals surface area contributed by atoms with Gasteiger partial charge in [-0.25, -0.2) is 0 Å². The second kappa shape index (κ2) is 8.40. The van der Waals surface area contributed by atoms with Gasteiger partial charge in [0, 0.05) is 12.1 Å². The molecule has 21 heavy (non-hydrogen) atoms. The van der Waals surface area contributed by atoms with Crippen molar-refractivity contribution in [2.75, 3.05) is 20.6 Å². The van der Waals surface area contributed by atoms with Crippen LogP contribution in [0.25, 0.3) is 0 Å². The van der Waals surface area contributed by atoms with E-state index in [9.17, 15) is 4.79 Å². The van der Waals surface area contributed by atoms with Gasteiger partial charge in [0.05, 0.1) is 6.42 Å². The summed E-state index contributed by atoms with van der Waals surface area (Å²) in [7, 11) is 4.27. The average Bonchev–Trinajstić information content (AvgIpc) is 2.47. The van der Waals surface area contributed by atoms with Crippen LogP contribution in [0.1, 0.15) is 37.7 Å². The number of carbonyl (C=O) groups is 1. The largest absolute Gasteiger partial charge is 0.354 e. The molecule has 0 radical (unpaired) electrons. The maximum absolute atomic E-state index is 12.1. The summed E-state index contributed by atoms with van der Waals surface area (Å²) in [6.45, 7) is 0.770. The predicted octanol–water partition coefficient (Wildman–Crippen LogP) is 3.03. The Balaban J connectivity index is 0.00000220. The van der Waals surface area contributed by atoms with Crippen molar-refractivity contribution >= 4 is 18.3 Å². The molecule has 0 bridgehead atoms. The van der Waals surface area contributed by atoms with E-state index >= 15 is 0 Å². The smallest absolute Gasteiger partial charge is 0.224 e. The number of nitrogens with zero attached hydrogens (tertiary/aromatic N) is 1. The molecule has 1 N–H and O–H groups in total. The van der Waals surface area contributed by atoms with Crippen LogP contribution < -0.4 is 5.32 Å². The van der Waals surface area contributed by atoms with Crippen molar-refractivity contribution in [3.63, 3.8) is 0 Å². The fraction of sp³-hybridized carbons (Fsp3) is 0.588. The summed E-state index contributed by atoms with van der Waals surface area (Å²) < 4.78 is 0. The number of benzene rings is 1. The Hall–Kier alpha value is -1.06. The molecule has 0 heterocycles. The first kappa shape index (κ1) is 18.0. The minimum Gasteiger partial charge on any atom is -0.354 e. The fourth-order valence-corrected chi connectivity index (χ4v) is 3.10. The summed E-state index contributed by atoms with van der Waals surface area (Å²) in [5.41, 5.74) is 1.23. The third-order valence-electron chi connectivity index (χ3n) is 4.56. The molecule has 3 nitrogen and oxygen atoms in total. The molecule has 1 aliphatic carbocycles. The topological polar surface area (TPSA) is 32.3 Å². The highest BCUT2D eigenvalue weighted by atomic mass is 35.5. The van der Waals surface area contributed by atoms with Crippen LogP contribution in [0, 0.1) is 0 Å². The molecule has 1 amide bonds. The second-order valence-corrected chi connectivity index (χ2v) is 6.12. The van der Waals surface area contributed by atoms with Gasteiger partial charge in [-0.15, -0.1) is 12.4 Å². The molecule has 0 atom stereocenters. The number of rotatable bonds is 5. The third kappa shape index (κ3) is 5.01. The molecule has 1 aromatic rings. The van der Waals surface area contributed by atoms with Gasteiger partial charge in [-0.1, -0.05) is 49.6 Å². The lowest BCUT2D eigenvalue weighted by atomic mass is 9.80. The van der Waals surface area contributed by atoms with E-state index in [-0.39, 0.29) is 23.9 Å². The number of carbonyl (C=O) groups excluding carboxylic acids is 1. The molecule has 0 aromatic heterocycles. The first-order valence-corrected chi connectivity index (χ1v) is 7.60. The van der Waals surface area contributed by atoms with E-state index in [0.717, 1.165) is 12.1 Å². The molecule has 1 saturated carbocycles. The van der Waals surface area contributed by atoms with Crippen LogP contribution in [0.4, 0.5) is 0 Å². The van der Waals surface area contributed by atoms with Crippen LogP contribution in [0.15, 0.2) is 30.3 Å². The maximum Gasteiger partial charge on any atom is 0.224 e. The lowest BCUT2D eigenvalue weighted by Crippen LogP contribution is -2.54. The van der Waals surface area contributed by atoms with Gasteiger partial charge >= 0.3 is 0 Å². The van der Waals surface area contributed by atoms with Crippen LogP contribution >= 0.6 is 12.4 Å². The van der Waals surface area contributed by atoms with E-state index in [4.69, 9.17) is 0 Å². The van der Waals surface area contributed by atoms with E-state index in [1.165, 1.54) is 32.1 Å². The van der Waals surface area contributed by atoms with Gasteiger partial charge in [0.1, 0.15) is 0 Å². The van der Waals surface area contributed by atoms with Crippen LogP contribution in [-0.4, -0.2) is 37.0 Å². The number of likely N-dealkylation sites (N-methyl/N-ethyl adjacent to an activating group) is 1. The molecule has 0 saturated heterocycles. The highest BCUT2D eigenvalue weighted by Crippen LogP contribution is 2.31. The number of halogens is 1. The lowest BCUT2D eigenvalue weighted by molar-refractivity contribution is -0.121. The number of amides is 1. The van der Waals surface area contributed by atoms with Crippen LogP contribution in [-0.2, 0) is 11.2 Å². The molecule has 1 fully saturated rings. The van der Waals surface area contributed by atoms with Gasteiger partial charge in [-0.3, -0.25) is 4.79 Å².